The molecule has 0 radical (unpaired) electrons. The van der Waals surface area contributed by atoms with Crippen molar-refractivity contribution in [1.29, 1.82) is 0 Å². The lowest BCUT2D eigenvalue weighted by atomic mass is 9.90. The van der Waals surface area contributed by atoms with Crippen LogP contribution in [0.4, 0.5) is 0 Å². The fraction of sp³-hybridized carbons (Fsp3) is 0.750. The van der Waals surface area contributed by atoms with Gasteiger partial charge in [0, 0.05) is 16.1 Å². The molecule has 3 heteroatoms. The summed E-state index contributed by atoms with van der Waals surface area (Å²) in [4.78, 5) is 6.25. The molecule has 0 N–H and O–H groups in total. The third-order valence-corrected chi connectivity index (χ3v) is 5.40. The summed E-state index contributed by atoms with van der Waals surface area (Å²) in [5.74, 6) is 0.766. The van der Waals surface area contributed by atoms with Crippen LogP contribution in [0.15, 0.2) is 0 Å². The fourth-order valence-electron chi connectivity index (χ4n) is 2.31. The molecule has 84 valence electrons. The van der Waals surface area contributed by atoms with Gasteiger partial charge in [0.1, 0.15) is 0 Å². The lowest BCUT2D eigenvalue weighted by Crippen LogP contribution is -2.04. The summed E-state index contributed by atoms with van der Waals surface area (Å²) in [6.07, 6.45) is 8.01. The molecule has 0 spiro atoms. The first-order valence-corrected chi connectivity index (χ1v) is 7.83. The van der Waals surface area contributed by atoms with E-state index in [-0.39, 0.29) is 0 Å². The predicted octanol–water partition coefficient (Wildman–Crippen LogP) is 4.65. The molecule has 1 saturated carbocycles. The van der Waals surface area contributed by atoms with Crippen molar-refractivity contribution in [2.75, 3.05) is 0 Å². The first kappa shape index (κ1) is 11.6. The Balaban J connectivity index is 2.16. The van der Waals surface area contributed by atoms with Gasteiger partial charge in [0.25, 0.3) is 0 Å². The zero-order valence-corrected chi connectivity index (χ0v) is 11.7. The number of alkyl halides is 1. The van der Waals surface area contributed by atoms with E-state index in [0.29, 0.717) is 0 Å². The van der Waals surface area contributed by atoms with Crippen molar-refractivity contribution in [3.05, 3.63) is 15.6 Å². The SMILES string of the molecule is CCc1nc(C2CCCCC2)sc1CBr. The van der Waals surface area contributed by atoms with Crippen LogP contribution in [0.25, 0.3) is 0 Å². The molecule has 0 unspecified atom stereocenters. The maximum atomic E-state index is 4.81. The smallest absolute Gasteiger partial charge is 0.0962 e. The molecular formula is C12H18BrNS. The third kappa shape index (κ3) is 2.62. The Hall–Kier alpha value is 0.110. The summed E-state index contributed by atoms with van der Waals surface area (Å²) >= 11 is 5.49. The van der Waals surface area contributed by atoms with Crippen molar-refractivity contribution >= 4 is 27.3 Å². The molecule has 0 bridgehead atoms. The van der Waals surface area contributed by atoms with Crippen molar-refractivity contribution in [3.63, 3.8) is 0 Å². The van der Waals surface area contributed by atoms with Gasteiger partial charge in [0.05, 0.1) is 10.7 Å². The molecule has 0 amide bonds. The fourth-order valence-corrected chi connectivity index (χ4v) is 4.15. The van der Waals surface area contributed by atoms with Crippen LogP contribution in [0.2, 0.25) is 0 Å². The zero-order valence-electron chi connectivity index (χ0n) is 9.26. The predicted molar refractivity (Wildman–Crippen MR) is 69.9 cm³/mol. The molecule has 0 aliphatic heterocycles. The van der Waals surface area contributed by atoms with Crippen LogP contribution in [-0.2, 0) is 11.8 Å². The number of aryl methyl sites for hydroxylation is 1. The Bertz CT molecular complexity index is 294. The van der Waals surface area contributed by atoms with Crippen LogP contribution in [-0.4, -0.2) is 4.98 Å². The van der Waals surface area contributed by atoms with E-state index in [1.165, 1.54) is 47.7 Å². The number of aromatic nitrogens is 1. The zero-order chi connectivity index (χ0) is 10.7. The van der Waals surface area contributed by atoms with Crippen molar-refractivity contribution in [3.8, 4) is 0 Å². The van der Waals surface area contributed by atoms with Gasteiger partial charge in [-0.05, 0) is 19.3 Å². The standard InChI is InChI=1S/C12H18BrNS/c1-2-10-11(8-13)15-12(14-10)9-6-4-3-5-7-9/h9H,2-8H2,1H3. The second-order valence-corrected chi connectivity index (χ2v) is 5.92. The van der Waals surface area contributed by atoms with E-state index in [2.05, 4.69) is 22.9 Å². The van der Waals surface area contributed by atoms with E-state index in [9.17, 15) is 0 Å². The minimum absolute atomic E-state index is 0.766. The van der Waals surface area contributed by atoms with E-state index < -0.39 is 0 Å². The molecule has 1 heterocycles. The highest BCUT2D eigenvalue weighted by Gasteiger charge is 2.20. The van der Waals surface area contributed by atoms with Gasteiger partial charge in [-0.15, -0.1) is 11.3 Å². The van der Waals surface area contributed by atoms with Crippen LogP contribution in [0.1, 0.15) is 60.5 Å². The van der Waals surface area contributed by atoms with Gasteiger partial charge in [0.15, 0.2) is 0 Å². The number of nitrogens with zero attached hydrogens (tertiary/aromatic N) is 1. The maximum Gasteiger partial charge on any atom is 0.0962 e. The highest BCUT2D eigenvalue weighted by molar-refractivity contribution is 9.08. The first-order valence-electron chi connectivity index (χ1n) is 5.89. The summed E-state index contributed by atoms with van der Waals surface area (Å²) in [6, 6.07) is 0. The Morgan fingerprint density at radius 3 is 2.60 bits per heavy atom. The summed E-state index contributed by atoms with van der Waals surface area (Å²) in [5.41, 5.74) is 1.32. The second kappa shape index (κ2) is 5.44. The Morgan fingerprint density at radius 1 is 1.33 bits per heavy atom. The highest BCUT2D eigenvalue weighted by Crippen LogP contribution is 2.36. The monoisotopic (exact) mass is 287 g/mol. The molecule has 1 aromatic rings. The number of hydrogen-bond acceptors (Lipinski definition) is 2. The summed E-state index contributed by atoms with van der Waals surface area (Å²) in [5, 5.41) is 2.38. The highest BCUT2D eigenvalue weighted by atomic mass is 79.9. The van der Waals surface area contributed by atoms with E-state index in [0.717, 1.165) is 17.7 Å². The number of rotatable bonds is 3. The van der Waals surface area contributed by atoms with Crippen molar-refractivity contribution in [1.82, 2.24) is 4.98 Å². The number of hydrogen-bond donors (Lipinski definition) is 0. The molecule has 1 fully saturated rings. The van der Waals surface area contributed by atoms with Crippen molar-refractivity contribution in [2.24, 2.45) is 0 Å². The van der Waals surface area contributed by atoms with Gasteiger partial charge in [-0.3, -0.25) is 0 Å². The topological polar surface area (TPSA) is 12.9 Å². The molecule has 0 aromatic carbocycles. The molecule has 1 aromatic heterocycles. The minimum atomic E-state index is 0.766. The van der Waals surface area contributed by atoms with E-state index in [1.807, 2.05) is 11.3 Å². The molecule has 0 saturated heterocycles. The van der Waals surface area contributed by atoms with Crippen LogP contribution >= 0.6 is 27.3 Å². The lowest BCUT2D eigenvalue weighted by Gasteiger charge is -2.18. The number of halogens is 1. The molecule has 15 heavy (non-hydrogen) atoms. The van der Waals surface area contributed by atoms with E-state index in [4.69, 9.17) is 4.98 Å². The Kier molecular flexibility index (Phi) is 4.21. The van der Waals surface area contributed by atoms with Crippen LogP contribution < -0.4 is 0 Å². The summed E-state index contributed by atoms with van der Waals surface area (Å²) < 4.78 is 0. The average Bonchev–Trinajstić information content (AvgIpc) is 2.73. The molecule has 1 aliphatic rings. The minimum Gasteiger partial charge on any atom is -0.246 e. The molecule has 0 atom stereocenters. The van der Waals surface area contributed by atoms with Gasteiger partial charge < -0.3 is 0 Å². The number of thiazole rings is 1. The van der Waals surface area contributed by atoms with Gasteiger partial charge in [-0.2, -0.15) is 0 Å². The normalized spacial score (nSPS) is 18.3. The van der Waals surface area contributed by atoms with Crippen molar-refractivity contribution in [2.45, 2.75) is 56.7 Å². The van der Waals surface area contributed by atoms with Crippen LogP contribution in [0.5, 0.6) is 0 Å². The van der Waals surface area contributed by atoms with Gasteiger partial charge in [0.2, 0.25) is 0 Å². The molecule has 2 rings (SSSR count). The van der Waals surface area contributed by atoms with Gasteiger partial charge in [-0.25, -0.2) is 4.98 Å². The van der Waals surface area contributed by atoms with E-state index >= 15 is 0 Å². The molecule has 1 nitrogen and oxygen atoms in total. The molecule has 1 aliphatic carbocycles. The van der Waals surface area contributed by atoms with Crippen LogP contribution in [0.3, 0.4) is 0 Å². The molecular weight excluding hydrogens is 270 g/mol. The largest absolute Gasteiger partial charge is 0.246 e. The van der Waals surface area contributed by atoms with Crippen molar-refractivity contribution < 1.29 is 0 Å². The summed E-state index contributed by atoms with van der Waals surface area (Å²) in [6.45, 7) is 2.20. The Morgan fingerprint density at radius 2 is 2.07 bits per heavy atom. The first-order chi connectivity index (χ1) is 7.35. The average molecular weight is 288 g/mol. The Labute approximate surface area is 104 Å². The third-order valence-electron chi connectivity index (χ3n) is 3.21. The van der Waals surface area contributed by atoms with Crippen LogP contribution in [0, 0.1) is 0 Å². The quantitative estimate of drug-likeness (QED) is 0.738. The van der Waals surface area contributed by atoms with E-state index in [1.54, 1.807) is 0 Å². The summed E-state index contributed by atoms with van der Waals surface area (Å²) in [7, 11) is 0. The maximum absolute atomic E-state index is 4.81. The lowest BCUT2D eigenvalue weighted by molar-refractivity contribution is 0.442. The van der Waals surface area contributed by atoms with Gasteiger partial charge >= 0.3 is 0 Å². The van der Waals surface area contributed by atoms with Gasteiger partial charge in [-0.1, -0.05) is 42.1 Å². The second-order valence-electron chi connectivity index (χ2n) is 4.24.